The number of hydrogen-bond donors (Lipinski definition) is 2. The van der Waals surface area contributed by atoms with Crippen molar-refractivity contribution in [3.05, 3.63) is 60.2 Å². The van der Waals surface area contributed by atoms with Crippen LogP contribution in [0.25, 0.3) is 16.9 Å². The molecule has 5 nitrogen and oxygen atoms in total. The number of imidazole rings is 1. The Kier molecular flexibility index (Phi) is 3.50. The summed E-state index contributed by atoms with van der Waals surface area (Å²) in [4.78, 5) is 15.3. The molecule has 1 atom stereocenters. The van der Waals surface area contributed by atoms with E-state index in [1.807, 2.05) is 30.3 Å². The number of aromatic nitrogens is 2. The highest BCUT2D eigenvalue weighted by atomic mass is 19.1. The van der Waals surface area contributed by atoms with Gasteiger partial charge >= 0.3 is 6.09 Å². The van der Waals surface area contributed by atoms with E-state index in [0.29, 0.717) is 17.0 Å². The summed E-state index contributed by atoms with van der Waals surface area (Å²) in [6, 6.07) is 11.8. The van der Waals surface area contributed by atoms with Crippen LogP contribution in [0.2, 0.25) is 0 Å². The fourth-order valence-electron chi connectivity index (χ4n) is 2.48. The Bertz CT molecular complexity index is 830. The number of halogens is 1. The zero-order valence-corrected chi connectivity index (χ0v) is 11.8. The molecule has 0 aliphatic rings. The fourth-order valence-corrected chi connectivity index (χ4v) is 2.48. The number of pyridine rings is 1. The summed E-state index contributed by atoms with van der Waals surface area (Å²) in [7, 11) is 0. The molecule has 3 aromatic rings. The van der Waals surface area contributed by atoms with Crippen LogP contribution < -0.4 is 5.32 Å². The second kappa shape index (κ2) is 5.48. The lowest BCUT2D eigenvalue weighted by Crippen LogP contribution is -2.25. The molecule has 0 radical (unpaired) electrons. The number of fused-ring (bicyclic) bond motifs is 1. The van der Waals surface area contributed by atoms with E-state index in [1.165, 1.54) is 12.3 Å². The lowest BCUT2D eigenvalue weighted by molar-refractivity contribution is 0.190. The van der Waals surface area contributed by atoms with Crippen molar-refractivity contribution < 1.29 is 14.3 Å². The van der Waals surface area contributed by atoms with Gasteiger partial charge in [-0.1, -0.05) is 30.3 Å². The Labute approximate surface area is 126 Å². The quantitative estimate of drug-likeness (QED) is 0.778. The Morgan fingerprint density at radius 1 is 1.27 bits per heavy atom. The van der Waals surface area contributed by atoms with E-state index in [2.05, 4.69) is 10.3 Å². The van der Waals surface area contributed by atoms with Gasteiger partial charge in [-0.25, -0.2) is 14.2 Å². The molecule has 2 heterocycles. The highest BCUT2D eigenvalue weighted by Gasteiger charge is 2.20. The second-order valence-electron chi connectivity index (χ2n) is 4.96. The largest absolute Gasteiger partial charge is 0.465 e. The summed E-state index contributed by atoms with van der Waals surface area (Å²) in [6.07, 6.45) is 0.219. The molecule has 3 rings (SSSR count). The lowest BCUT2D eigenvalue weighted by Gasteiger charge is -2.12. The number of hydrogen-bond acceptors (Lipinski definition) is 2. The van der Waals surface area contributed by atoms with E-state index in [9.17, 15) is 9.18 Å². The van der Waals surface area contributed by atoms with Crippen molar-refractivity contribution in [2.75, 3.05) is 0 Å². The summed E-state index contributed by atoms with van der Waals surface area (Å²) >= 11 is 0. The van der Waals surface area contributed by atoms with Crippen LogP contribution in [-0.4, -0.2) is 20.6 Å². The van der Waals surface area contributed by atoms with Crippen LogP contribution in [0.15, 0.2) is 48.7 Å². The molecule has 0 fully saturated rings. The van der Waals surface area contributed by atoms with Gasteiger partial charge in [0.1, 0.15) is 11.5 Å². The Morgan fingerprint density at radius 3 is 2.68 bits per heavy atom. The van der Waals surface area contributed by atoms with E-state index in [-0.39, 0.29) is 5.82 Å². The van der Waals surface area contributed by atoms with Crippen LogP contribution in [-0.2, 0) is 0 Å². The average Bonchev–Trinajstić information content (AvgIpc) is 2.86. The van der Waals surface area contributed by atoms with E-state index in [1.54, 1.807) is 17.4 Å². The molecule has 2 aromatic heterocycles. The van der Waals surface area contributed by atoms with Crippen molar-refractivity contribution in [3.8, 4) is 11.3 Å². The Balaban J connectivity index is 2.25. The lowest BCUT2D eigenvalue weighted by atomic mass is 10.1. The molecular weight excluding hydrogens is 285 g/mol. The molecule has 6 heteroatoms. The van der Waals surface area contributed by atoms with E-state index < -0.39 is 12.1 Å². The summed E-state index contributed by atoms with van der Waals surface area (Å²) in [5.74, 6) is -0.382. The van der Waals surface area contributed by atoms with Crippen LogP contribution in [0.4, 0.5) is 9.18 Å². The standard InChI is InChI=1S/C16H14FN3O2/c1-10(18-16(21)22)14-15(11-5-3-2-4-6-11)20-9-12(17)7-8-13(20)19-14/h2-10,18H,1H3,(H,21,22). The molecule has 0 spiro atoms. The SMILES string of the molecule is CC(NC(=O)O)c1nc2ccc(F)cn2c1-c1ccccc1. The second-order valence-corrected chi connectivity index (χ2v) is 4.96. The first-order valence-electron chi connectivity index (χ1n) is 6.78. The third kappa shape index (κ3) is 2.50. The molecule has 1 aromatic carbocycles. The molecule has 0 aliphatic heterocycles. The molecule has 2 N–H and O–H groups in total. The maximum atomic E-state index is 13.6. The zero-order valence-electron chi connectivity index (χ0n) is 11.8. The molecule has 0 bridgehead atoms. The number of carbonyl (C=O) groups is 1. The molecule has 0 aliphatic carbocycles. The predicted molar refractivity (Wildman–Crippen MR) is 80.2 cm³/mol. The number of carboxylic acid groups (broad SMARTS) is 1. The summed E-state index contributed by atoms with van der Waals surface area (Å²) in [6.45, 7) is 1.71. The molecule has 112 valence electrons. The molecule has 22 heavy (non-hydrogen) atoms. The topological polar surface area (TPSA) is 66.6 Å². The van der Waals surface area contributed by atoms with Gasteiger partial charge in [0, 0.05) is 11.8 Å². The molecule has 0 saturated carbocycles. The monoisotopic (exact) mass is 299 g/mol. The highest BCUT2D eigenvalue weighted by Crippen LogP contribution is 2.29. The number of nitrogens with one attached hydrogen (secondary N) is 1. The van der Waals surface area contributed by atoms with Crippen molar-refractivity contribution in [3.63, 3.8) is 0 Å². The van der Waals surface area contributed by atoms with Gasteiger partial charge in [0.2, 0.25) is 0 Å². The first-order chi connectivity index (χ1) is 10.6. The first-order valence-corrected chi connectivity index (χ1v) is 6.78. The minimum absolute atomic E-state index is 0.382. The molecular formula is C16H14FN3O2. The van der Waals surface area contributed by atoms with E-state index in [4.69, 9.17) is 5.11 Å². The van der Waals surface area contributed by atoms with Crippen molar-refractivity contribution in [1.82, 2.24) is 14.7 Å². The smallest absolute Gasteiger partial charge is 0.405 e. The third-order valence-corrected chi connectivity index (χ3v) is 3.41. The minimum atomic E-state index is -1.13. The summed E-state index contributed by atoms with van der Waals surface area (Å²) in [5, 5.41) is 11.3. The van der Waals surface area contributed by atoms with Gasteiger partial charge in [-0.05, 0) is 19.1 Å². The first kappa shape index (κ1) is 14.1. The van der Waals surface area contributed by atoms with Gasteiger partial charge in [0.25, 0.3) is 0 Å². The average molecular weight is 299 g/mol. The fraction of sp³-hybridized carbons (Fsp3) is 0.125. The summed E-state index contributed by atoms with van der Waals surface area (Å²) < 4.78 is 15.2. The van der Waals surface area contributed by atoms with E-state index >= 15 is 0 Å². The van der Waals surface area contributed by atoms with Gasteiger partial charge in [-0.3, -0.25) is 4.40 Å². The number of benzene rings is 1. The van der Waals surface area contributed by atoms with Crippen LogP contribution in [0.3, 0.4) is 0 Å². The molecule has 1 unspecified atom stereocenters. The third-order valence-electron chi connectivity index (χ3n) is 3.41. The predicted octanol–water partition coefficient (Wildman–Crippen LogP) is 3.47. The highest BCUT2D eigenvalue weighted by molar-refractivity contribution is 5.70. The van der Waals surface area contributed by atoms with Gasteiger partial charge < -0.3 is 10.4 Å². The van der Waals surface area contributed by atoms with Gasteiger partial charge in [-0.15, -0.1) is 0 Å². The number of rotatable bonds is 3. The van der Waals surface area contributed by atoms with Crippen LogP contribution >= 0.6 is 0 Å². The number of amides is 1. The van der Waals surface area contributed by atoms with Gasteiger partial charge in [0.15, 0.2) is 0 Å². The maximum absolute atomic E-state index is 13.6. The van der Waals surface area contributed by atoms with E-state index in [0.717, 1.165) is 5.56 Å². The van der Waals surface area contributed by atoms with Crippen molar-refractivity contribution in [2.45, 2.75) is 13.0 Å². The minimum Gasteiger partial charge on any atom is -0.465 e. The normalized spacial score (nSPS) is 12.3. The molecule has 0 saturated heterocycles. The Morgan fingerprint density at radius 2 is 2.00 bits per heavy atom. The van der Waals surface area contributed by atoms with Crippen LogP contribution in [0.5, 0.6) is 0 Å². The number of nitrogens with zero attached hydrogens (tertiary/aromatic N) is 2. The van der Waals surface area contributed by atoms with Crippen LogP contribution in [0.1, 0.15) is 18.7 Å². The van der Waals surface area contributed by atoms with Gasteiger partial charge in [-0.2, -0.15) is 0 Å². The van der Waals surface area contributed by atoms with Crippen molar-refractivity contribution in [1.29, 1.82) is 0 Å². The Hall–Kier alpha value is -2.89. The van der Waals surface area contributed by atoms with Crippen molar-refractivity contribution >= 4 is 11.7 Å². The van der Waals surface area contributed by atoms with Crippen molar-refractivity contribution in [2.24, 2.45) is 0 Å². The summed E-state index contributed by atoms with van der Waals surface area (Å²) in [5.41, 5.74) is 2.64. The van der Waals surface area contributed by atoms with Gasteiger partial charge in [0.05, 0.1) is 17.4 Å². The molecule has 1 amide bonds. The maximum Gasteiger partial charge on any atom is 0.405 e. The zero-order chi connectivity index (χ0) is 15.7. The van der Waals surface area contributed by atoms with Crippen LogP contribution in [0, 0.1) is 5.82 Å².